The maximum Gasteiger partial charge on any atom is 0.258 e. The molecule has 1 aliphatic carbocycles. The normalized spacial score (nSPS) is 16.3. The number of ether oxygens (including phenoxy) is 1. The average Bonchev–Trinajstić information content (AvgIpc) is 3.71. The molecule has 2 N–H and O–H groups in total. The maximum atomic E-state index is 14.7. The molecule has 9 nitrogen and oxygen atoms in total. The summed E-state index contributed by atoms with van der Waals surface area (Å²) in [4.78, 5) is 37.4. The fourth-order valence-corrected chi connectivity index (χ4v) is 5.62. The summed E-state index contributed by atoms with van der Waals surface area (Å²) in [6.07, 6.45) is 3.89. The molecule has 4 aromatic rings. The molecule has 11 heteroatoms. The van der Waals surface area contributed by atoms with Gasteiger partial charge in [0, 0.05) is 49.0 Å². The van der Waals surface area contributed by atoms with Gasteiger partial charge in [-0.15, -0.1) is 0 Å². The van der Waals surface area contributed by atoms with Gasteiger partial charge in [-0.05, 0) is 72.9 Å². The molecule has 2 fully saturated rings. The minimum absolute atomic E-state index is 0.0774. The van der Waals surface area contributed by atoms with Crippen molar-refractivity contribution in [1.29, 1.82) is 0 Å². The van der Waals surface area contributed by atoms with Gasteiger partial charge in [0.25, 0.3) is 5.91 Å². The Morgan fingerprint density at radius 3 is 2.41 bits per heavy atom. The molecule has 2 aromatic carbocycles. The van der Waals surface area contributed by atoms with Gasteiger partial charge in [0.2, 0.25) is 5.91 Å². The Morgan fingerprint density at radius 1 is 1.02 bits per heavy atom. The monoisotopic (exact) mass is 616 g/mol. The molecule has 1 atom stereocenters. The first-order valence-electron chi connectivity index (χ1n) is 14.7. The van der Waals surface area contributed by atoms with Crippen molar-refractivity contribution in [3.05, 3.63) is 83.4 Å². The van der Waals surface area contributed by atoms with Crippen LogP contribution in [-0.2, 0) is 27.8 Å². The lowest BCUT2D eigenvalue weighted by Gasteiger charge is -2.28. The summed E-state index contributed by atoms with van der Waals surface area (Å²) in [6, 6.07) is 15.8. The predicted octanol–water partition coefficient (Wildman–Crippen LogP) is 5.12. The van der Waals surface area contributed by atoms with Crippen LogP contribution in [0.3, 0.4) is 0 Å². The third kappa shape index (κ3) is 6.46. The minimum atomic E-state index is -1.93. The number of aromatic nitrogens is 3. The highest BCUT2D eigenvalue weighted by Crippen LogP contribution is 2.40. The smallest absolute Gasteiger partial charge is 0.258 e. The van der Waals surface area contributed by atoms with E-state index in [1.807, 2.05) is 54.9 Å². The number of alkyl halides is 1. The van der Waals surface area contributed by atoms with Gasteiger partial charge in [0.1, 0.15) is 11.9 Å². The molecule has 228 valence electrons. The number of morpholine rings is 1. The zero-order valence-corrected chi connectivity index (χ0v) is 25.4. The number of nitrogens with one attached hydrogen (secondary N) is 2. The summed E-state index contributed by atoms with van der Waals surface area (Å²) in [5, 5.41) is 5.98. The van der Waals surface area contributed by atoms with Crippen LogP contribution in [0.1, 0.15) is 24.1 Å². The van der Waals surface area contributed by atoms with E-state index in [9.17, 15) is 14.0 Å². The van der Waals surface area contributed by atoms with Crippen LogP contribution in [0.2, 0.25) is 5.02 Å². The van der Waals surface area contributed by atoms with Crippen molar-refractivity contribution in [1.82, 2.24) is 19.9 Å². The number of aryl methyl sites for hydroxylation is 2. The van der Waals surface area contributed by atoms with Gasteiger partial charge in [-0.2, -0.15) is 0 Å². The van der Waals surface area contributed by atoms with Crippen molar-refractivity contribution >= 4 is 34.9 Å². The second-order valence-electron chi connectivity index (χ2n) is 11.4. The molecule has 2 amide bonds. The Hall–Kier alpha value is -4.28. The van der Waals surface area contributed by atoms with Crippen molar-refractivity contribution < 1.29 is 18.7 Å². The second-order valence-corrected chi connectivity index (χ2v) is 11.8. The Labute approximate surface area is 260 Å². The Bertz CT molecular complexity index is 1660. The van der Waals surface area contributed by atoms with E-state index < -0.39 is 23.5 Å². The van der Waals surface area contributed by atoms with Crippen molar-refractivity contribution in [2.24, 2.45) is 7.05 Å². The standard InChI is InChI=1S/C33H34ClFN6O3/c1-21-30(40(2)20-37-21)22-3-6-26(7-4-22)38-31(42)28(39-32(43)33(35)10-11-33)18-25-17-23(5-8-27(25)34)24-9-12-36-29(19-24)41-13-15-44-16-14-41/h3-9,12,17,19-20,28H,10-11,13-16,18H2,1-2H3,(H,38,42)(H,39,43). The lowest BCUT2D eigenvalue weighted by Crippen LogP contribution is -2.48. The number of anilines is 2. The molecule has 1 saturated carbocycles. The number of benzene rings is 2. The Kier molecular flexibility index (Phi) is 8.38. The van der Waals surface area contributed by atoms with Crippen molar-refractivity contribution in [2.45, 2.75) is 37.9 Å². The quantitative estimate of drug-likeness (QED) is 0.271. The summed E-state index contributed by atoms with van der Waals surface area (Å²) in [6.45, 7) is 4.77. The summed E-state index contributed by atoms with van der Waals surface area (Å²) in [5.41, 5.74) is 3.93. The zero-order chi connectivity index (χ0) is 30.8. The van der Waals surface area contributed by atoms with E-state index in [0.29, 0.717) is 29.5 Å². The lowest BCUT2D eigenvalue weighted by molar-refractivity contribution is -0.131. The van der Waals surface area contributed by atoms with Crippen LogP contribution < -0.4 is 15.5 Å². The molecular weight excluding hydrogens is 583 g/mol. The average molecular weight is 617 g/mol. The molecule has 0 spiro atoms. The first-order valence-corrected chi connectivity index (χ1v) is 15.0. The molecule has 1 unspecified atom stereocenters. The molecule has 1 saturated heterocycles. The number of hydrogen-bond donors (Lipinski definition) is 2. The highest BCUT2D eigenvalue weighted by atomic mass is 35.5. The molecule has 0 radical (unpaired) electrons. The molecule has 0 bridgehead atoms. The van der Waals surface area contributed by atoms with Gasteiger partial charge >= 0.3 is 0 Å². The molecule has 3 heterocycles. The number of carbonyl (C=O) groups is 2. The van der Waals surface area contributed by atoms with Crippen molar-refractivity contribution in [3.63, 3.8) is 0 Å². The van der Waals surface area contributed by atoms with Gasteiger partial charge in [0.05, 0.1) is 30.9 Å². The second kappa shape index (κ2) is 12.4. The van der Waals surface area contributed by atoms with Crippen LogP contribution in [0.4, 0.5) is 15.9 Å². The van der Waals surface area contributed by atoms with Crippen molar-refractivity contribution in [3.8, 4) is 22.4 Å². The minimum Gasteiger partial charge on any atom is -0.378 e. The third-order valence-electron chi connectivity index (χ3n) is 8.15. The number of carbonyl (C=O) groups excluding carboxylic acids is 2. The number of amides is 2. The van der Waals surface area contributed by atoms with E-state index in [2.05, 4.69) is 25.5 Å². The van der Waals surface area contributed by atoms with E-state index in [1.165, 1.54) is 0 Å². The highest BCUT2D eigenvalue weighted by molar-refractivity contribution is 6.31. The maximum absolute atomic E-state index is 14.7. The number of pyridine rings is 1. The Balaban J connectivity index is 1.23. The largest absolute Gasteiger partial charge is 0.378 e. The van der Waals surface area contributed by atoms with Gasteiger partial charge in [0.15, 0.2) is 5.67 Å². The van der Waals surface area contributed by atoms with Crippen LogP contribution in [0.5, 0.6) is 0 Å². The van der Waals surface area contributed by atoms with Crippen LogP contribution >= 0.6 is 11.6 Å². The van der Waals surface area contributed by atoms with Crippen LogP contribution in [0.15, 0.2) is 67.1 Å². The predicted molar refractivity (Wildman–Crippen MR) is 168 cm³/mol. The van der Waals surface area contributed by atoms with Crippen LogP contribution in [0.25, 0.3) is 22.4 Å². The summed E-state index contributed by atoms with van der Waals surface area (Å²) >= 11 is 6.62. The summed E-state index contributed by atoms with van der Waals surface area (Å²) in [5.74, 6) is -0.391. The first-order chi connectivity index (χ1) is 21.2. The number of imidazole rings is 1. The number of nitrogens with zero attached hydrogens (tertiary/aromatic N) is 4. The van der Waals surface area contributed by atoms with Gasteiger partial charge in [-0.3, -0.25) is 9.59 Å². The number of rotatable bonds is 9. The molecule has 1 aliphatic heterocycles. The fourth-order valence-electron chi connectivity index (χ4n) is 5.43. The highest BCUT2D eigenvalue weighted by Gasteiger charge is 2.51. The molecule has 2 aromatic heterocycles. The van der Waals surface area contributed by atoms with Crippen LogP contribution in [0, 0.1) is 6.92 Å². The Morgan fingerprint density at radius 2 is 1.73 bits per heavy atom. The molecule has 6 rings (SSSR count). The van der Waals surface area contributed by atoms with Gasteiger partial charge < -0.3 is 24.8 Å². The third-order valence-corrected chi connectivity index (χ3v) is 8.52. The topological polar surface area (TPSA) is 101 Å². The molecule has 44 heavy (non-hydrogen) atoms. The molecule has 2 aliphatic rings. The fraction of sp³-hybridized carbons (Fsp3) is 0.333. The SMILES string of the molecule is Cc1ncn(C)c1-c1ccc(NC(=O)C(Cc2cc(-c3ccnc(N4CCOCC4)c3)ccc2Cl)NC(=O)C2(F)CC2)cc1. The van der Waals surface area contributed by atoms with E-state index >= 15 is 0 Å². The van der Waals surface area contributed by atoms with E-state index in [0.717, 1.165) is 47.0 Å². The summed E-state index contributed by atoms with van der Waals surface area (Å²) < 4.78 is 22.1. The van der Waals surface area contributed by atoms with E-state index in [1.54, 1.807) is 30.7 Å². The van der Waals surface area contributed by atoms with Gasteiger partial charge in [-0.25, -0.2) is 14.4 Å². The van der Waals surface area contributed by atoms with Crippen LogP contribution in [-0.4, -0.2) is 64.4 Å². The lowest BCUT2D eigenvalue weighted by atomic mass is 9.99. The number of hydrogen-bond acceptors (Lipinski definition) is 6. The van der Waals surface area contributed by atoms with Crippen molar-refractivity contribution in [2.75, 3.05) is 36.5 Å². The zero-order valence-electron chi connectivity index (χ0n) is 24.6. The van der Waals surface area contributed by atoms with Gasteiger partial charge in [-0.1, -0.05) is 29.8 Å². The summed E-state index contributed by atoms with van der Waals surface area (Å²) in [7, 11) is 1.92. The number of halogens is 2. The molecular formula is C33H34ClFN6O3. The van der Waals surface area contributed by atoms with E-state index in [-0.39, 0.29) is 19.3 Å². The first kappa shape index (κ1) is 29.8. The van der Waals surface area contributed by atoms with E-state index in [4.69, 9.17) is 16.3 Å².